The van der Waals surface area contributed by atoms with Gasteiger partial charge in [0.2, 0.25) is 0 Å². The number of aliphatic hydroxyl groups is 1. The Balaban J connectivity index is 1.93. The summed E-state index contributed by atoms with van der Waals surface area (Å²) in [5.41, 5.74) is 2.88. The minimum absolute atomic E-state index is 0.169. The van der Waals surface area contributed by atoms with Gasteiger partial charge in [0, 0.05) is 38.3 Å². The molecule has 4 aliphatic rings. The Morgan fingerprint density at radius 3 is 2.65 bits per heavy atom. The monoisotopic (exact) mass is 541 g/mol. The predicted octanol–water partition coefficient (Wildman–Crippen LogP) is 2.99. The molecule has 0 radical (unpaired) electrons. The van der Waals surface area contributed by atoms with E-state index in [9.17, 15) is 10.2 Å². The fraction of sp³-hybridized carbons (Fsp3) is 0.333. The molecular formula is C18H14Br3N3O2. The van der Waals surface area contributed by atoms with E-state index in [-0.39, 0.29) is 5.75 Å². The van der Waals surface area contributed by atoms with Crippen molar-refractivity contribution in [2.45, 2.75) is 24.4 Å². The van der Waals surface area contributed by atoms with Gasteiger partial charge in [-0.2, -0.15) is 0 Å². The molecule has 1 aromatic rings. The first-order valence-electron chi connectivity index (χ1n) is 8.33. The molecular weight excluding hydrogens is 530 g/mol. The largest absolute Gasteiger partial charge is 0.504 e. The summed E-state index contributed by atoms with van der Waals surface area (Å²) in [7, 11) is 0. The van der Waals surface area contributed by atoms with E-state index in [1.165, 1.54) is 0 Å². The zero-order valence-corrected chi connectivity index (χ0v) is 18.2. The maximum absolute atomic E-state index is 11.0. The molecule has 3 heterocycles. The minimum Gasteiger partial charge on any atom is -0.504 e. The molecule has 0 fully saturated rings. The molecule has 1 aromatic carbocycles. The molecule has 8 heteroatoms. The van der Waals surface area contributed by atoms with Crippen LogP contribution in [0.15, 0.2) is 31.1 Å². The van der Waals surface area contributed by atoms with Gasteiger partial charge >= 0.3 is 0 Å². The number of fused-ring (bicyclic) bond motifs is 3. The van der Waals surface area contributed by atoms with Crippen LogP contribution < -0.4 is 15.9 Å². The number of halogens is 3. The van der Waals surface area contributed by atoms with Crippen LogP contribution in [0.3, 0.4) is 0 Å². The van der Waals surface area contributed by atoms with Gasteiger partial charge in [-0.05, 0) is 34.3 Å². The van der Waals surface area contributed by atoms with Crippen LogP contribution in [0.25, 0.3) is 5.57 Å². The lowest BCUT2D eigenvalue weighted by Gasteiger charge is -2.39. The van der Waals surface area contributed by atoms with Crippen LogP contribution >= 0.6 is 47.8 Å². The van der Waals surface area contributed by atoms with E-state index in [0.717, 1.165) is 39.2 Å². The Kier molecular flexibility index (Phi) is 3.81. The second-order valence-electron chi connectivity index (χ2n) is 6.86. The number of nitrogens with zero attached hydrogens (tertiary/aromatic N) is 2. The molecule has 1 spiro atoms. The molecule has 0 atom stereocenters. The number of aliphatic hydroxyl groups excluding tert-OH is 1. The zero-order chi connectivity index (χ0) is 18.2. The molecule has 0 amide bonds. The number of benzene rings is 1. The minimum atomic E-state index is -0.699. The molecule has 0 saturated carbocycles. The fourth-order valence-electron chi connectivity index (χ4n) is 4.30. The Hall–Kier alpha value is -0.960. The van der Waals surface area contributed by atoms with Crippen molar-refractivity contribution < 1.29 is 10.2 Å². The van der Waals surface area contributed by atoms with Gasteiger partial charge in [-0.3, -0.25) is 4.99 Å². The summed E-state index contributed by atoms with van der Waals surface area (Å²) in [4.78, 5) is 9.38. The average Bonchev–Trinajstić information content (AvgIpc) is 2.96. The number of anilines is 1. The number of aromatic hydroxyl groups is 1. The summed E-state index contributed by atoms with van der Waals surface area (Å²) in [6.07, 6.45) is 4.99. The number of hydrogen-bond acceptors (Lipinski definition) is 5. The summed E-state index contributed by atoms with van der Waals surface area (Å²) in [6, 6.07) is 0. The van der Waals surface area contributed by atoms with Crippen LogP contribution in [0.4, 0.5) is 11.4 Å². The average molecular weight is 544 g/mol. The molecule has 26 heavy (non-hydrogen) atoms. The Morgan fingerprint density at radius 1 is 1.19 bits per heavy atom. The molecule has 3 aliphatic heterocycles. The molecule has 3 N–H and O–H groups in total. The van der Waals surface area contributed by atoms with E-state index in [1.807, 2.05) is 12.2 Å². The van der Waals surface area contributed by atoms with Crippen molar-refractivity contribution in [3.8, 4) is 5.75 Å². The first-order valence-corrected chi connectivity index (χ1v) is 10.7. The highest BCUT2D eigenvalue weighted by Crippen LogP contribution is 2.49. The van der Waals surface area contributed by atoms with Gasteiger partial charge in [0.05, 0.1) is 11.0 Å². The predicted molar refractivity (Wildman–Crippen MR) is 113 cm³/mol. The SMILES string of the molecule is Oc1c2c(c3c4c1N=C(Br)C=4CCN=3)C1(C=C(Br)C(O)C(Br)=C1)CCN2. The topological polar surface area (TPSA) is 77.2 Å². The smallest absolute Gasteiger partial charge is 0.165 e. The summed E-state index contributed by atoms with van der Waals surface area (Å²) in [5, 5.41) is 26.4. The second kappa shape index (κ2) is 5.77. The van der Waals surface area contributed by atoms with Crippen LogP contribution in [0, 0.1) is 0 Å². The van der Waals surface area contributed by atoms with E-state index in [1.54, 1.807) is 0 Å². The van der Waals surface area contributed by atoms with Crippen molar-refractivity contribution in [2.75, 3.05) is 18.4 Å². The molecule has 0 saturated heterocycles. The third kappa shape index (κ3) is 2.16. The van der Waals surface area contributed by atoms with Gasteiger partial charge in [-0.1, -0.05) is 44.0 Å². The third-order valence-corrected chi connectivity index (χ3v) is 7.41. The first-order chi connectivity index (χ1) is 12.4. The first kappa shape index (κ1) is 17.2. The maximum atomic E-state index is 11.0. The van der Waals surface area contributed by atoms with Crippen LogP contribution in [-0.4, -0.2) is 34.0 Å². The van der Waals surface area contributed by atoms with Gasteiger partial charge in [-0.25, -0.2) is 4.99 Å². The van der Waals surface area contributed by atoms with Gasteiger partial charge in [0.1, 0.15) is 16.4 Å². The lowest BCUT2D eigenvalue weighted by Crippen LogP contribution is -2.45. The Bertz CT molecular complexity index is 1070. The zero-order valence-electron chi connectivity index (χ0n) is 13.5. The molecule has 5 nitrogen and oxygen atoms in total. The molecule has 0 aromatic heterocycles. The highest BCUT2D eigenvalue weighted by molar-refractivity contribution is 9.18. The van der Waals surface area contributed by atoms with Crippen molar-refractivity contribution >= 4 is 69.4 Å². The van der Waals surface area contributed by atoms with Crippen LogP contribution in [-0.2, 0) is 5.41 Å². The van der Waals surface area contributed by atoms with Gasteiger partial charge in [0.15, 0.2) is 5.75 Å². The van der Waals surface area contributed by atoms with Crippen LogP contribution in [0.5, 0.6) is 5.75 Å². The number of hydrogen-bond donors (Lipinski definition) is 3. The molecule has 134 valence electrons. The van der Waals surface area contributed by atoms with Gasteiger partial charge in [0.25, 0.3) is 0 Å². The van der Waals surface area contributed by atoms with E-state index >= 15 is 0 Å². The van der Waals surface area contributed by atoms with Gasteiger partial charge in [-0.15, -0.1) is 0 Å². The van der Waals surface area contributed by atoms with Crippen molar-refractivity contribution in [1.82, 2.24) is 0 Å². The Labute approximate surface area is 174 Å². The highest BCUT2D eigenvalue weighted by atomic mass is 79.9. The summed E-state index contributed by atoms with van der Waals surface area (Å²) >= 11 is 10.6. The lowest BCUT2D eigenvalue weighted by molar-refractivity contribution is 0.260. The van der Waals surface area contributed by atoms with Crippen LogP contribution in [0.2, 0.25) is 0 Å². The van der Waals surface area contributed by atoms with Crippen LogP contribution in [0.1, 0.15) is 18.4 Å². The number of allylic oxidation sites excluding steroid dienone is 2. The second-order valence-corrected chi connectivity index (χ2v) is 9.44. The molecule has 5 rings (SSSR count). The molecule has 0 bridgehead atoms. The number of aliphatic imine (C=N–C) groups is 1. The quantitative estimate of drug-likeness (QED) is 0.440. The number of phenolic OH excluding ortho intramolecular Hbond substituents is 1. The highest BCUT2D eigenvalue weighted by Gasteiger charge is 2.42. The van der Waals surface area contributed by atoms with Crippen molar-refractivity contribution in [1.29, 1.82) is 0 Å². The summed E-state index contributed by atoms with van der Waals surface area (Å²) in [5.74, 6) is 0.169. The number of nitrogens with one attached hydrogen (secondary N) is 1. The summed E-state index contributed by atoms with van der Waals surface area (Å²) in [6.45, 7) is 1.39. The molecule has 0 unspecified atom stereocenters. The summed E-state index contributed by atoms with van der Waals surface area (Å²) < 4.78 is 2.21. The van der Waals surface area contributed by atoms with Crippen molar-refractivity contribution in [2.24, 2.45) is 9.98 Å². The van der Waals surface area contributed by atoms with E-state index in [0.29, 0.717) is 33.4 Å². The Morgan fingerprint density at radius 2 is 1.92 bits per heavy atom. The van der Waals surface area contributed by atoms with Crippen molar-refractivity contribution in [3.05, 3.63) is 37.3 Å². The van der Waals surface area contributed by atoms with E-state index < -0.39 is 11.5 Å². The maximum Gasteiger partial charge on any atom is 0.165 e. The van der Waals surface area contributed by atoms with E-state index in [4.69, 9.17) is 4.99 Å². The third-order valence-electron chi connectivity index (χ3n) is 5.43. The lowest BCUT2D eigenvalue weighted by atomic mass is 9.71. The molecule has 1 aliphatic carbocycles. The standard InChI is InChI=1S/C18H14Br3N3O2/c19-8-5-18(6-9(20)15(8)25)2-4-23-14-11(18)12-10-7(1-3-22-12)17(21)24-13(10)16(14)26/h5-6,15,23,25-26H,1-4H2. The van der Waals surface area contributed by atoms with Gasteiger partial charge < -0.3 is 15.5 Å². The normalized spacial score (nSPS) is 28.5. The fourth-order valence-corrected chi connectivity index (χ4v) is 6.49. The van der Waals surface area contributed by atoms with Crippen molar-refractivity contribution in [3.63, 3.8) is 0 Å². The van der Waals surface area contributed by atoms with E-state index in [2.05, 4.69) is 58.1 Å². The number of rotatable bonds is 0. The number of phenols is 1.